The van der Waals surface area contributed by atoms with Gasteiger partial charge in [0.15, 0.2) is 0 Å². The van der Waals surface area contributed by atoms with Crippen LogP contribution in [-0.4, -0.2) is 29.1 Å². The van der Waals surface area contributed by atoms with E-state index in [0.29, 0.717) is 0 Å². The Bertz CT molecular complexity index is 173. The Morgan fingerprint density at radius 3 is 3.20 bits per heavy atom. The van der Waals surface area contributed by atoms with Gasteiger partial charge < -0.3 is 4.74 Å². The second kappa shape index (κ2) is 2.10. The molecule has 2 aliphatic heterocycles. The van der Waals surface area contributed by atoms with Crippen LogP contribution in [0, 0.1) is 0 Å². The van der Waals surface area contributed by atoms with Crippen LogP contribution in [0.25, 0.3) is 0 Å². The number of ether oxygens (including phenoxy) is 1. The molecule has 4 heteroatoms. The Balaban J connectivity index is 2.19. The van der Waals surface area contributed by atoms with Crippen molar-refractivity contribution in [3.05, 3.63) is 0 Å². The van der Waals surface area contributed by atoms with Gasteiger partial charge in [0.05, 0.1) is 0 Å². The fourth-order valence-electron chi connectivity index (χ4n) is 1.53. The highest BCUT2D eigenvalue weighted by Crippen LogP contribution is 2.29. The smallest absolute Gasteiger partial charge is 0.325 e. The summed E-state index contributed by atoms with van der Waals surface area (Å²) in [6.45, 7) is 0.893. The van der Waals surface area contributed by atoms with E-state index >= 15 is 0 Å². The molecule has 0 aromatic heterocycles. The molecule has 0 amide bonds. The molecule has 10 heavy (non-hydrogen) atoms. The summed E-state index contributed by atoms with van der Waals surface area (Å²) < 4.78 is 4.78. The maximum absolute atomic E-state index is 10.9. The van der Waals surface area contributed by atoms with Crippen molar-refractivity contribution in [2.75, 3.05) is 6.54 Å². The summed E-state index contributed by atoms with van der Waals surface area (Å²) in [5.41, 5.74) is -0.500. The molecule has 0 radical (unpaired) electrons. The number of esters is 1. The molecule has 0 bridgehead atoms. The number of cyclic esters (lactones) is 1. The third-order valence-electron chi connectivity index (χ3n) is 2.04. The molecule has 0 aliphatic carbocycles. The summed E-state index contributed by atoms with van der Waals surface area (Å²) in [4.78, 5) is 12.8. The number of carbonyl (C=O) groups is 1. The van der Waals surface area contributed by atoms with Gasteiger partial charge in [-0.25, -0.2) is 4.90 Å². The van der Waals surface area contributed by atoms with Crippen molar-refractivity contribution in [1.82, 2.24) is 4.90 Å². The fourth-order valence-corrected chi connectivity index (χ4v) is 1.85. The first-order valence-corrected chi connectivity index (χ1v) is 3.83. The van der Waals surface area contributed by atoms with Crippen molar-refractivity contribution in [1.29, 1.82) is 0 Å². The molecule has 2 rings (SSSR count). The van der Waals surface area contributed by atoms with E-state index in [0.717, 1.165) is 19.4 Å². The van der Waals surface area contributed by atoms with Crippen molar-refractivity contribution >= 4 is 17.6 Å². The summed E-state index contributed by atoms with van der Waals surface area (Å²) >= 11 is 5.69. The Labute approximate surface area is 63.9 Å². The number of hydrogen-bond donors (Lipinski definition) is 0. The summed E-state index contributed by atoms with van der Waals surface area (Å²) in [6, 6.07) is -0.0394. The first kappa shape index (κ1) is 6.43. The highest BCUT2D eigenvalue weighted by Gasteiger charge is 2.43. The van der Waals surface area contributed by atoms with Crippen LogP contribution in [-0.2, 0) is 9.53 Å². The second-order valence-corrected chi connectivity index (χ2v) is 3.00. The maximum Gasteiger partial charge on any atom is 0.325 e. The Kier molecular flexibility index (Phi) is 1.35. The van der Waals surface area contributed by atoms with Crippen LogP contribution >= 0.6 is 11.6 Å². The van der Waals surface area contributed by atoms with E-state index in [1.807, 2.05) is 4.90 Å². The molecule has 0 aromatic carbocycles. The van der Waals surface area contributed by atoms with Crippen LogP contribution in [0.5, 0.6) is 0 Å². The number of alkyl halides is 1. The van der Waals surface area contributed by atoms with E-state index < -0.39 is 5.69 Å². The predicted octanol–water partition coefficient (Wildman–Crippen LogP) is 0.530. The first-order valence-electron chi connectivity index (χ1n) is 3.39. The summed E-state index contributed by atoms with van der Waals surface area (Å²) in [5.74, 6) is -0.155. The van der Waals surface area contributed by atoms with Gasteiger partial charge in [0, 0.05) is 6.54 Å². The van der Waals surface area contributed by atoms with Crippen LogP contribution < -0.4 is 0 Å². The SMILES string of the molecule is O=C1O[C@@H](Cl)N2CCCC12. The molecule has 1 unspecified atom stereocenters. The average Bonchev–Trinajstić information content (AvgIpc) is 2.39. The average molecular weight is 162 g/mol. The van der Waals surface area contributed by atoms with Gasteiger partial charge in [0.25, 0.3) is 0 Å². The summed E-state index contributed by atoms with van der Waals surface area (Å²) in [7, 11) is 0. The topological polar surface area (TPSA) is 29.5 Å². The van der Waals surface area contributed by atoms with Gasteiger partial charge in [-0.15, -0.1) is 0 Å². The van der Waals surface area contributed by atoms with Gasteiger partial charge in [-0.1, -0.05) is 11.6 Å². The number of carbonyl (C=O) groups excluding carboxylic acids is 1. The zero-order valence-corrected chi connectivity index (χ0v) is 6.17. The van der Waals surface area contributed by atoms with Crippen molar-refractivity contribution in [3.8, 4) is 0 Å². The van der Waals surface area contributed by atoms with Crippen LogP contribution in [0.1, 0.15) is 12.8 Å². The van der Waals surface area contributed by atoms with Crippen LogP contribution in [0.15, 0.2) is 0 Å². The van der Waals surface area contributed by atoms with Gasteiger partial charge in [0.2, 0.25) is 5.69 Å². The number of hydrogen-bond acceptors (Lipinski definition) is 3. The van der Waals surface area contributed by atoms with E-state index in [-0.39, 0.29) is 12.0 Å². The molecule has 0 spiro atoms. The van der Waals surface area contributed by atoms with E-state index in [1.165, 1.54) is 0 Å². The van der Waals surface area contributed by atoms with E-state index in [9.17, 15) is 4.79 Å². The minimum absolute atomic E-state index is 0.0394. The van der Waals surface area contributed by atoms with Crippen LogP contribution in [0.3, 0.4) is 0 Å². The Morgan fingerprint density at radius 2 is 2.50 bits per heavy atom. The van der Waals surface area contributed by atoms with Gasteiger partial charge >= 0.3 is 5.97 Å². The monoisotopic (exact) mass is 161 g/mol. The van der Waals surface area contributed by atoms with Crippen LogP contribution in [0.2, 0.25) is 0 Å². The Hall–Kier alpha value is -0.280. The number of rotatable bonds is 0. The lowest BCUT2D eigenvalue weighted by atomic mass is 10.2. The molecule has 56 valence electrons. The molecule has 2 saturated heterocycles. The van der Waals surface area contributed by atoms with Gasteiger partial charge in [-0.2, -0.15) is 0 Å². The number of fused-ring (bicyclic) bond motifs is 1. The molecule has 0 saturated carbocycles. The molecule has 0 N–H and O–H groups in total. The highest BCUT2D eigenvalue weighted by molar-refractivity contribution is 6.20. The van der Waals surface area contributed by atoms with Gasteiger partial charge in [0.1, 0.15) is 6.04 Å². The van der Waals surface area contributed by atoms with Crippen LogP contribution in [0.4, 0.5) is 0 Å². The lowest BCUT2D eigenvalue weighted by Gasteiger charge is -2.11. The van der Waals surface area contributed by atoms with Crippen molar-refractivity contribution in [2.24, 2.45) is 0 Å². The second-order valence-electron chi connectivity index (χ2n) is 2.62. The van der Waals surface area contributed by atoms with E-state index in [1.54, 1.807) is 0 Å². The molecule has 0 aromatic rings. The van der Waals surface area contributed by atoms with Crippen molar-refractivity contribution in [2.45, 2.75) is 24.6 Å². The normalized spacial score (nSPS) is 39.9. The third-order valence-corrected chi connectivity index (χ3v) is 2.38. The molecule has 2 atom stereocenters. The zero-order chi connectivity index (χ0) is 7.14. The van der Waals surface area contributed by atoms with E-state index in [2.05, 4.69) is 0 Å². The lowest BCUT2D eigenvalue weighted by Crippen LogP contribution is -2.29. The Morgan fingerprint density at radius 1 is 1.70 bits per heavy atom. The predicted molar refractivity (Wildman–Crippen MR) is 35.5 cm³/mol. The maximum atomic E-state index is 10.9. The third kappa shape index (κ3) is 0.739. The number of halogens is 1. The first-order chi connectivity index (χ1) is 4.79. The molecule has 2 heterocycles. The van der Waals surface area contributed by atoms with Gasteiger partial charge in [-0.05, 0) is 12.8 Å². The van der Waals surface area contributed by atoms with Gasteiger partial charge in [-0.3, -0.25) is 4.79 Å². The standard InChI is InChI=1S/C6H8ClNO2/c7-6-8-3-1-2-4(8)5(9)10-6/h4,6H,1-3H2/t4?,6-/m0/s1. The number of nitrogens with zero attached hydrogens (tertiary/aromatic N) is 1. The fraction of sp³-hybridized carbons (Fsp3) is 0.833. The lowest BCUT2D eigenvalue weighted by molar-refractivity contribution is -0.140. The molecule has 2 fully saturated rings. The largest absolute Gasteiger partial charge is 0.431 e. The minimum atomic E-state index is -0.500. The van der Waals surface area contributed by atoms with E-state index in [4.69, 9.17) is 16.3 Å². The van der Waals surface area contributed by atoms with Crippen molar-refractivity contribution in [3.63, 3.8) is 0 Å². The summed E-state index contributed by atoms with van der Waals surface area (Å²) in [6.07, 6.45) is 1.96. The molecule has 2 aliphatic rings. The quantitative estimate of drug-likeness (QED) is 0.295. The van der Waals surface area contributed by atoms with Crippen molar-refractivity contribution < 1.29 is 9.53 Å². The molecule has 3 nitrogen and oxygen atoms in total. The highest BCUT2D eigenvalue weighted by atomic mass is 35.5. The zero-order valence-electron chi connectivity index (χ0n) is 5.42. The molecular weight excluding hydrogens is 154 g/mol. The molecular formula is C6H8ClNO2. The summed E-state index contributed by atoms with van der Waals surface area (Å²) in [5, 5.41) is 0. The minimum Gasteiger partial charge on any atom is -0.431 e.